The zero-order valence-corrected chi connectivity index (χ0v) is 14.6. The molecule has 0 radical (unpaired) electrons. The zero-order chi connectivity index (χ0) is 18.8. The number of aromatic nitrogens is 2. The summed E-state index contributed by atoms with van der Waals surface area (Å²) in [5.41, 5.74) is 0.385. The third-order valence-corrected chi connectivity index (χ3v) is 4.46. The van der Waals surface area contributed by atoms with E-state index in [0.29, 0.717) is 30.3 Å². The van der Waals surface area contributed by atoms with Gasteiger partial charge in [0.2, 0.25) is 11.8 Å². The first-order chi connectivity index (χ1) is 12.4. The number of benzene rings is 1. The molecule has 3 amide bonds. The molecule has 26 heavy (non-hydrogen) atoms. The Kier molecular flexibility index (Phi) is 4.88. The second-order valence-corrected chi connectivity index (χ2v) is 6.47. The summed E-state index contributed by atoms with van der Waals surface area (Å²) in [6, 6.07) is 1.89. The minimum atomic E-state index is -0.784. The molecule has 1 aromatic heterocycles. The first-order valence-corrected chi connectivity index (χ1v) is 8.30. The minimum Gasteiger partial charge on any atom is -0.347 e. The number of carbonyl (C=O) groups excluding carboxylic acids is 3. The molecule has 0 aliphatic carbocycles. The number of H-pyrrole nitrogens is 1. The predicted octanol–water partition coefficient (Wildman–Crippen LogP) is 0.511. The van der Waals surface area contributed by atoms with Crippen LogP contribution in [0, 0.1) is 5.82 Å². The smallest absolute Gasteiger partial charge is 0.255 e. The van der Waals surface area contributed by atoms with Crippen molar-refractivity contribution < 1.29 is 18.8 Å². The van der Waals surface area contributed by atoms with E-state index in [1.165, 1.54) is 28.1 Å². The molecule has 1 aliphatic heterocycles. The number of piperidine rings is 1. The number of hydrogen-bond donors (Lipinski definition) is 2. The lowest BCUT2D eigenvalue weighted by Gasteiger charge is -2.32. The second kappa shape index (κ2) is 7.11. The lowest BCUT2D eigenvalue weighted by molar-refractivity contribution is -0.142. The van der Waals surface area contributed by atoms with Crippen LogP contribution in [0.25, 0.3) is 10.9 Å². The fourth-order valence-electron chi connectivity index (χ4n) is 2.99. The van der Waals surface area contributed by atoms with Gasteiger partial charge in [0, 0.05) is 26.0 Å². The molecule has 138 valence electrons. The summed E-state index contributed by atoms with van der Waals surface area (Å²) in [5.74, 6) is -1.88. The molecule has 3 rings (SSSR count). The zero-order valence-electron chi connectivity index (χ0n) is 14.6. The molecule has 1 unspecified atom stereocenters. The molecule has 1 aromatic carbocycles. The SMILES string of the molecule is CN(C)C(=O)CN1CCCC(NC(=O)c2c(F)ccc3[nH]ncc23)C1=O. The van der Waals surface area contributed by atoms with Crippen LogP contribution in [-0.2, 0) is 9.59 Å². The lowest BCUT2D eigenvalue weighted by Crippen LogP contribution is -2.54. The van der Waals surface area contributed by atoms with E-state index in [1.54, 1.807) is 14.1 Å². The van der Waals surface area contributed by atoms with E-state index in [0.717, 1.165) is 0 Å². The van der Waals surface area contributed by atoms with Crippen LogP contribution in [0.1, 0.15) is 23.2 Å². The van der Waals surface area contributed by atoms with Crippen LogP contribution in [0.15, 0.2) is 18.3 Å². The van der Waals surface area contributed by atoms with Gasteiger partial charge < -0.3 is 15.1 Å². The maximum absolute atomic E-state index is 14.2. The molecule has 0 spiro atoms. The summed E-state index contributed by atoms with van der Waals surface area (Å²) in [7, 11) is 3.23. The van der Waals surface area contributed by atoms with Crippen LogP contribution >= 0.6 is 0 Å². The van der Waals surface area contributed by atoms with E-state index in [4.69, 9.17) is 0 Å². The standard InChI is InChI=1S/C17H20FN5O3/c1-22(2)14(24)9-23-7-3-4-13(17(23)26)20-16(25)15-10-8-19-21-12(10)6-5-11(15)18/h5-6,8,13H,3-4,7,9H2,1-2H3,(H,19,21)(H,20,25). The summed E-state index contributed by atoms with van der Waals surface area (Å²) in [5, 5.41) is 9.45. The Bertz CT molecular complexity index is 863. The second-order valence-electron chi connectivity index (χ2n) is 6.47. The highest BCUT2D eigenvalue weighted by Gasteiger charge is 2.32. The Morgan fingerprint density at radius 3 is 2.92 bits per heavy atom. The average Bonchev–Trinajstić information content (AvgIpc) is 3.06. The van der Waals surface area contributed by atoms with Crippen molar-refractivity contribution in [1.29, 1.82) is 0 Å². The van der Waals surface area contributed by atoms with E-state index in [2.05, 4.69) is 15.5 Å². The predicted molar refractivity (Wildman–Crippen MR) is 91.8 cm³/mol. The van der Waals surface area contributed by atoms with Crippen molar-refractivity contribution in [2.24, 2.45) is 0 Å². The van der Waals surface area contributed by atoms with Gasteiger partial charge in [-0.15, -0.1) is 0 Å². The van der Waals surface area contributed by atoms with E-state index in [1.807, 2.05) is 0 Å². The summed E-state index contributed by atoms with van der Waals surface area (Å²) in [4.78, 5) is 39.8. The Labute approximate surface area is 149 Å². The van der Waals surface area contributed by atoms with Crippen LogP contribution in [0.5, 0.6) is 0 Å². The van der Waals surface area contributed by atoms with E-state index in [-0.39, 0.29) is 23.9 Å². The number of amides is 3. The van der Waals surface area contributed by atoms with Gasteiger partial charge >= 0.3 is 0 Å². The number of aromatic amines is 1. The molecule has 0 bridgehead atoms. The van der Waals surface area contributed by atoms with Crippen LogP contribution in [0.3, 0.4) is 0 Å². The van der Waals surface area contributed by atoms with E-state index < -0.39 is 17.8 Å². The minimum absolute atomic E-state index is 0.0378. The summed E-state index contributed by atoms with van der Waals surface area (Å²) >= 11 is 0. The van der Waals surface area contributed by atoms with Crippen molar-refractivity contribution in [2.45, 2.75) is 18.9 Å². The van der Waals surface area contributed by atoms with Crippen LogP contribution < -0.4 is 5.32 Å². The Morgan fingerprint density at radius 1 is 1.42 bits per heavy atom. The van der Waals surface area contributed by atoms with Crippen LogP contribution in [-0.4, -0.2) is 70.9 Å². The van der Waals surface area contributed by atoms with Gasteiger partial charge in [-0.25, -0.2) is 4.39 Å². The van der Waals surface area contributed by atoms with E-state index in [9.17, 15) is 18.8 Å². The fraction of sp³-hybridized carbons (Fsp3) is 0.412. The van der Waals surface area contributed by atoms with Gasteiger partial charge in [-0.3, -0.25) is 19.5 Å². The van der Waals surface area contributed by atoms with Crippen molar-refractivity contribution in [3.8, 4) is 0 Å². The molecule has 1 saturated heterocycles. The number of likely N-dealkylation sites (N-methyl/N-ethyl adjacent to an activating group) is 1. The van der Waals surface area contributed by atoms with Gasteiger partial charge in [0.15, 0.2) is 0 Å². The highest BCUT2D eigenvalue weighted by molar-refractivity contribution is 6.07. The number of nitrogens with one attached hydrogen (secondary N) is 2. The summed E-state index contributed by atoms with van der Waals surface area (Å²) < 4.78 is 14.2. The van der Waals surface area contributed by atoms with E-state index >= 15 is 0 Å². The van der Waals surface area contributed by atoms with Gasteiger partial charge in [0.1, 0.15) is 11.9 Å². The third kappa shape index (κ3) is 3.37. The molecule has 0 saturated carbocycles. The molecular weight excluding hydrogens is 341 g/mol. The van der Waals surface area contributed by atoms with Gasteiger partial charge in [-0.1, -0.05) is 0 Å². The first kappa shape index (κ1) is 17.8. The average molecular weight is 361 g/mol. The lowest BCUT2D eigenvalue weighted by atomic mass is 10.0. The maximum Gasteiger partial charge on any atom is 0.255 e. The molecule has 1 fully saturated rings. The molecule has 1 atom stereocenters. The Hall–Kier alpha value is -2.97. The molecule has 2 aromatic rings. The Morgan fingerprint density at radius 2 is 2.19 bits per heavy atom. The molecule has 9 heteroatoms. The van der Waals surface area contributed by atoms with Gasteiger partial charge in [0.25, 0.3) is 5.91 Å². The molecule has 2 N–H and O–H groups in total. The monoisotopic (exact) mass is 361 g/mol. The number of likely N-dealkylation sites (tertiary alicyclic amines) is 1. The highest BCUT2D eigenvalue weighted by Crippen LogP contribution is 2.21. The topological polar surface area (TPSA) is 98.4 Å². The molecular formula is C17H20FN5O3. The summed E-state index contributed by atoms with van der Waals surface area (Å²) in [6.07, 6.45) is 2.47. The molecule has 2 heterocycles. The Balaban J connectivity index is 1.76. The van der Waals surface area contributed by atoms with Crippen molar-refractivity contribution in [3.63, 3.8) is 0 Å². The number of halogens is 1. The largest absolute Gasteiger partial charge is 0.347 e. The third-order valence-electron chi connectivity index (χ3n) is 4.46. The number of fused-ring (bicyclic) bond motifs is 1. The first-order valence-electron chi connectivity index (χ1n) is 8.30. The maximum atomic E-state index is 14.2. The van der Waals surface area contributed by atoms with Gasteiger partial charge in [-0.2, -0.15) is 5.10 Å². The van der Waals surface area contributed by atoms with Crippen LogP contribution in [0.2, 0.25) is 0 Å². The van der Waals surface area contributed by atoms with Crippen molar-refractivity contribution >= 4 is 28.6 Å². The van der Waals surface area contributed by atoms with Crippen molar-refractivity contribution in [1.82, 2.24) is 25.3 Å². The van der Waals surface area contributed by atoms with Crippen molar-refractivity contribution in [2.75, 3.05) is 27.2 Å². The molecule has 1 aliphatic rings. The fourth-order valence-corrected chi connectivity index (χ4v) is 2.99. The van der Waals surface area contributed by atoms with Gasteiger partial charge in [-0.05, 0) is 25.0 Å². The normalized spacial score (nSPS) is 17.4. The summed E-state index contributed by atoms with van der Waals surface area (Å²) in [6.45, 7) is 0.417. The van der Waals surface area contributed by atoms with Gasteiger partial charge in [0.05, 0.1) is 23.8 Å². The number of hydrogen-bond acceptors (Lipinski definition) is 4. The van der Waals surface area contributed by atoms with Crippen molar-refractivity contribution in [3.05, 3.63) is 29.7 Å². The van der Waals surface area contributed by atoms with Crippen LogP contribution in [0.4, 0.5) is 4.39 Å². The number of carbonyl (C=O) groups is 3. The number of rotatable bonds is 4. The molecule has 8 nitrogen and oxygen atoms in total. The number of nitrogens with zero attached hydrogens (tertiary/aromatic N) is 3. The quantitative estimate of drug-likeness (QED) is 0.829. The highest BCUT2D eigenvalue weighted by atomic mass is 19.1.